The Hall–Kier alpha value is -0.0400. The Balaban J connectivity index is 1.78. The van der Waals surface area contributed by atoms with Crippen LogP contribution in [0.1, 0.15) is 38.5 Å². The average molecular weight is 152 g/mol. The molecule has 3 aliphatic rings. The molecule has 2 atom stereocenters. The van der Waals surface area contributed by atoms with Crippen molar-refractivity contribution < 1.29 is 5.11 Å². The van der Waals surface area contributed by atoms with Gasteiger partial charge in [-0.1, -0.05) is 12.8 Å². The van der Waals surface area contributed by atoms with Gasteiger partial charge in [-0.2, -0.15) is 0 Å². The Morgan fingerprint density at radius 2 is 2.00 bits per heavy atom. The van der Waals surface area contributed by atoms with Gasteiger partial charge in [-0.25, -0.2) is 0 Å². The van der Waals surface area contributed by atoms with Gasteiger partial charge in [0.15, 0.2) is 0 Å². The Morgan fingerprint density at radius 1 is 1.27 bits per heavy atom. The third-order valence-electron chi connectivity index (χ3n) is 4.60. The highest BCUT2D eigenvalue weighted by Crippen LogP contribution is 2.85. The van der Waals surface area contributed by atoms with E-state index in [9.17, 15) is 0 Å². The molecule has 0 unspecified atom stereocenters. The summed E-state index contributed by atoms with van der Waals surface area (Å²) < 4.78 is 0. The molecule has 3 aliphatic carbocycles. The molecule has 62 valence electrons. The lowest BCUT2D eigenvalue weighted by Gasteiger charge is -2.05. The van der Waals surface area contributed by atoms with E-state index in [4.69, 9.17) is 5.11 Å². The lowest BCUT2D eigenvalue weighted by atomic mass is 10.00. The summed E-state index contributed by atoms with van der Waals surface area (Å²) in [6.07, 6.45) is 8.68. The molecule has 2 spiro atoms. The molecule has 1 heteroatoms. The van der Waals surface area contributed by atoms with Crippen molar-refractivity contribution in [3.63, 3.8) is 0 Å². The first-order valence-corrected chi connectivity index (χ1v) is 4.94. The van der Waals surface area contributed by atoms with E-state index in [-0.39, 0.29) is 0 Å². The van der Waals surface area contributed by atoms with Crippen LogP contribution in [-0.2, 0) is 0 Å². The zero-order valence-electron chi connectivity index (χ0n) is 6.97. The molecule has 0 aromatic heterocycles. The highest BCUT2D eigenvalue weighted by Gasteiger charge is 2.78. The molecule has 3 rings (SSSR count). The van der Waals surface area contributed by atoms with Gasteiger partial charge in [0.25, 0.3) is 0 Å². The Labute approximate surface area is 67.8 Å². The fourth-order valence-electron chi connectivity index (χ4n) is 3.77. The SMILES string of the molecule is OC[C@H]1C[C@@]12CC21CCCC1. The van der Waals surface area contributed by atoms with E-state index >= 15 is 0 Å². The number of fused-ring (bicyclic) bond motifs is 1. The van der Waals surface area contributed by atoms with Crippen molar-refractivity contribution in [2.75, 3.05) is 6.61 Å². The van der Waals surface area contributed by atoms with Gasteiger partial charge >= 0.3 is 0 Å². The Morgan fingerprint density at radius 3 is 2.55 bits per heavy atom. The van der Waals surface area contributed by atoms with Crippen molar-refractivity contribution in [3.8, 4) is 0 Å². The number of aliphatic hydroxyl groups excluding tert-OH is 1. The Kier molecular flexibility index (Phi) is 0.976. The van der Waals surface area contributed by atoms with Crippen LogP contribution >= 0.6 is 0 Å². The van der Waals surface area contributed by atoms with Gasteiger partial charge in [0.05, 0.1) is 0 Å². The minimum Gasteiger partial charge on any atom is -0.396 e. The Bertz CT molecular complexity index is 193. The van der Waals surface area contributed by atoms with E-state index in [1.807, 2.05) is 0 Å². The maximum absolute atomic E-state index is 9.03. The van der Waals surface area contributed by atoms with E-state index < -0.39 is 0 Å². The van der Waals surface area contributed by atoms with Crippen LogP contribution in [-0.4, -0.2) is 11.7 Å². The quantitative estimate of drug-likeness (QED) is 0.609. The first-order chi connectivity index (χ1) is 5.33. The van der Waals surface area contributed by atoms with Gasteiger partial charge in [-0.3, -0.25) is 0 Å². The predicted octanol–water partition coefficient (Wildman–Crippen LogP) is 1.95. The second-order valence-corrected chi connectivity index (χ2v) is 4.90. The molecule has 0 amide bonds. The maximum Gasteiger partial charge on any atom is 0.0465 e. The topological polar surface area (TPSA) is 20.2 Å². The van der Waals surface area contributed by atoms with E-state index in [1.54, 1.807) is 0 Å². The first kappa shape index (κ1) is 6.47. The zero-order chi connectivity index (χ0) is 7.53. The van der Waals surface area contributed by atoms with Crippen molar-refractivity contribution in [1.82, 2.24) is 0 Å². The summed E-state index contributed by atoms with van der Waals surface area (Å²) in [4.78, 5) is 0. The molecule has 0 heterocycles. The minimum atomic E-state index is 0.460. The van der Waals surface area contributed by atoms with Crippen LogP contribution in [0.5, 0.6) is 0 Å². The smallest absolute Gasteiger partial charge is 0.0465 e. The molecule has 1 nitrogen and oxygen atoms in total. The molecule has 0 aromatic rings. The van der Waals surface area contributed by atoms with Crippen molar-refractivity contribution in [2.24, 2.45) is 16.7 Å². The van der Waals surface area contributed by atoms with Crippen LogP contribution in [0.4, 0.5) is 0 Å². The normalized spacial score (nSPS) is 50.5. The summed E-state index contributed by atoms with van der Waals surface area (Å²) in [5.41, 5.74) is 1.46. The molecule has 0 radical (unpaired) electrons. The van der Waals surface area contributed by atoms with Crippen LogP contribution in [0.3, 0.4) is 0 Å². The molecule has 0 aromatic carbocycles. The summed E-state index contributed by atoms with van der Waals surface area (Å²) in [5, 5.41) is 9.03. The summed E-state index contributed by atoms with van der Waals surface area (Å²) in [7, 11) is 0. The monoisotopic (exact) mass is 152 g/mol. The van der Waals surface area contributed by atoms with Gasteiger partial charge in [-0.05, 0) is 42.4 Å². The van der Waals surface area contributed by atoms with Crippen LogP contribution in [0, 0.1) is 16.7 Å². The van der Waals surface area contributed by atoms with Gasteiger partial charge in [0, 0.05) is 6.61 Å². The first-order valence-electron chi connectivity index (χ1n) is 4.94. The molecule has 0 aliphatic heterocycles. The van der Waals surface area contributed by atoms with Gasteiger partial charge in [0.2, 0.25) is 0 Å². The molecule has 1 N–H and O–H groups in total. The van der Waals surface area contributed by atoms with Gasteiger partial charge in [0.1, 0.15) is 0 Å². The lowest BCUT2D eigenvalue weighted by molar-refractivity contribution is 0.257. The van der Waals surface area contributed by atoms with E-state index in [0.29, 0.717) is 17.9 Å². The molecular formula is C10H16O. The van der Waals surface area contributed by atoms with Gasteiger partial charge < -0.3 is 5.11 Å². The standard InChI is InChI=1S/C10H16O/c11-6-8-5-10(8)7-9(10)3-1-2-4-9/h8,11H,1-7H2/t8-,10-/m1/s1. The summed E-state index contributed by atoms with van der Waals surface area (Å²) in [6.45, 7) is 0.460. The van der Waals surface area contributed by atoms with Crippen molar-refractivity contribution in [3.05, 3.63) is 0 Å². The fraction of sp³-hybridized carbons (Fsp3) is 1.00. The van der Waals surface area contributed by atoms with E-state index in [1.165, 1.54) is 38.5 Å². The summed E-state index contributed by atoms with van der Waals surface area (Å²) in [5.74, 6) is 0.709. The fourth-order valence-corrected chi connectivity index (χ4v) is 3.77. The zero-order valence-corrected chi connectivity index (χ0v) is 6.97. The van der Waals surface area contributed by atoms with E-state index in [2.05, 4.69) is 0 Å². The number of hydrogen-bond donors (Lipinski definition) is 1. The van der Waals surface area contributed by atoms with E-state index in [0.717, 1.165) is 5.41 Å². The number of aliphatic hydroxyl groups is 1. The lowest BCUT2D eigenvalue weighted by Crippen LogP contribution is -2.00. The van der Waals surface area contributed by atoms with Crippen LogP contribution in [0.2, 0.25) is 0 Å². The highest BCUT2D eigenvalue weighted by atomic mass is 16.3. The highest BCUT2D eigenvalue weighted by molar-refractivity contribution is 5.27. The average Bonchev–Trinajstić information content (AvgIpc) is 2.78. The molecule has 3 fully saturated rings. The maximum atomic E-state index is 9.03. The second-order valence-electron chi connectivity index (χ2n) is 4.90. The van der Waals surface area contributed by atoms with Crippen LogP contribution < -0.4 is 0 Å². The van der Waals surface area contributed by atoms with Crippen molar-refractivity contribution in [2.45, 2.75) is 38.5 Å². The van der Waals surface area contributed by atoms with Crippen LogP contribution in [0.15, 0.2) is 0 Å². The summed E-state index contributed by atoms with van der Waals surface area (Å²) in [6, 6.07) is 0. The third-order valence-corrected chi connectivity index (χ3v) is 4.60. The molecule has 0 bridgehead atoms. The predicted molar refractivity (Wildman–Crippen MR) is 43.1 cm³/mol. The molecule has 11 heavy (non-hydrogen) atoms. The molecule has 0 saturated heterocycles. The van der Waals surface area contributed by atoms with Crippen molar-refractivity contribution in [1.29, 1.82) is 0 Å². The number of rotatable bonds is 1. The van der Waals surface area contributed by atoms with Crippen molar-refractivity contribution >= 4 is 0 Å². The number of hydrogen-bond acceptors (Lipinski definition) is 1. The second kappa shape index (κ2) is 1.66. The minimum absolute atomic E-state index is 0.460. The largest absolute Gasteiger partial charge is 0.396 e. The third kappa shape index (κ3) is 0.581. The molecular weight excluding hydrogens is 136 g/mol. The van der Waals surface area contributed by atoms with Gasteiger partial charge in [-0.15, -0.1) is 0 Å². The molecule has 3 saturated carbocycles. The van der Waals surface area contributed by atoms with Crippen LogP contribution in [0.25, 0.3) is 0 Å². The summed E-state index contributed by atoms with van der Waals surface area (Å²) >= 11 is 0.